The number of rotatable bonds is 4. The maximum Gasteiger partial charge on any atom is 0.00104 e. The lowest BCUT2D eigenvalue weighted by atomic mass is 9.71. The van der Waals surface area contributed by atoms with Crippen LogP contribution in [0.3, 0.4) is 0 Å². The fraction of sp³-hybridized carbons (Fsp3) is 0.667. The topological polar surface area (TPSA) is 12.0 Å². The molecule has 19 heavy (non-hydrogen) atoms. The molecule has 1 N–H and O–H groups in total. The van der Waals surface area contributed by atoms with Gasteiger partial charge in [0.05, 0.1) is 0 Å². The number of benzene rings is 1. The summed E-state index contributed by atoms with van der Waals surface area (Å²) in [6, 6.07) is 9.74. The summed E-state index contributed by atoms with van der Waals surface area (Å²) in [5.41, 5.74) is 2.95. The molecule has 1 fully saturated rings. The molecule has 0 radical (unpaired) electrons. The van der Waals surface area contributed by atoms with Crippen molar-refractivity contribution in [3.8, 4) is 0 Å². The van der Waals surface area contributed by atoms with Crippen LogP contribution in [0.4, 0.5) is 0 Å². The van der Waals surface area contributed by atoms with Gasteiger partial charge in [-0.05, 0) is 49.6 Å². The van der Waals surface area contributed by atoms with Crippen molar-refractivity contribution in [2.24, 2.45) is 11.8 Å². The van der Waals surface area contributed by atoms with Gasteiger partial charge in [-0.1, -0.05) is 57.0 Å². The first-order valence-corrected chi connectivity index (χ1v) is 7.86. The van der Waals surface area contributed by atoms with Crippen molar-refractivity contribution in [3.05, 3.63) is 35.4 Å². The number of hydrogen-bond acceptors (Lipinski definition) is 1. The summed E-state index contributed by atoms with van der Waals surface area (Å²) in [6.45, 7) is 10.3. The highest BCUT2D eigenvalue weighted by molar-refractivity contribution is 5.26. The summed E-state index contributed by atoms with van der Waals surface area (Å²) in [6.07, 6.45) is 4.13. The smallest absolute Gasteiger partial charge is 0.00104 e. The molecule has 3 unspecified atom stereocenters. The van der Waals surface area contributed by atoms with E-state index in [2.05, 4.69) is 57.3 Å². The minimum absolute atomic E-state index is 0.595. The molecular formula is C18H29N. The molecular weight excluding hydrogens is 230 g/mol. The average Bonchev–Trinajstić information content (AvgIpc) is 2.37. The first kappa shape index (κ1) is 14.6. The number of hydrogen-bond donors (Lipinski definition) is 1. The number of aryl methyl sites for hydroxylation is 1. The molecule has 0 saturated heterocycles. The first-order chi connectivity index (χ1) is 9.06. The normalized spacial score (nSPS) is 27.7. The second-order valence-electron chi connectivity index (χ2n) is 6.76. The van der Waals surface area contributed by atoms with Crippen LogP contribution >= 0.6 is 0 Å². The Hall–Kier alpha value is -0.820. The van der Waals surface area contributed by atoms with E-state index < -0.39 is 0 Å². The fourth-order valence-corrected chi connectivity index (χ4v) is 3.38. The molecule has 0 aliphatic heterocycles. The van der Waals surface area contributed by atoms with Gasteiger partial charge in [0.25, 0.3) is 0 Å². The van der Waals surface area contributed by atoms with E-state index in [1.54, 1.807) is 5.56 Å². The molecule has 1 saturated carbocycles. The second kappa shape index (κ2) is 6.56. The molecule has 1 aromatic carbocycles. The summed E-state index contributed by atoms with van der Waals surface area (Å²) >= 11 is 0. The maximum absolute atomic E-state index is 3.64. The Labute approximate surface area is 118 Å². The lowest BCUT2D eigenvalue weighted by molar-refractivity contribution is 0.238. The van der Waals surface area contributed by atoms with Gasteiger partial charge in [0.15, 0.2) is 0 Å². The fourth-order valence-electron chi connectivity index (χ4n) is 3.38. The Balaban J connectivity index is 2.12. The van der Waals surface area contributed by atoms with Gasteiger partial charge < -0.3 is 5.32 Å². The molecule has 0 amide bonds. The zero-order chi connectivity index (χ0) is 13.8. The van der Waals surface area contributed by atoms with Crippen molar-refractivity contribution in [3.63, 3.8) is 0 Å². The first-order valence-electron chi connectivity index (χ1n) is 7.86. The summed E-state index contributed by atoms with van der Waals surface area (Å²) < 4.78 is 0. The Kier molecular flexibility index (Phi) is 5.04. The van der Waals surface area contributed by atoms with Gasteiger partial charge in [-0.3, -0.25) is 0 Å². The Morgan fingerprint density at radius 1 is 1.26 bits per heavy atom. The summed E-state index contributed by atoms with van der Waals surface area (Å²) in [7, 11) is 0. The zero-order valence-corrected chi connectivity index (χ0v) is 12.9. The SMILES string of the molecule is Cc1cccc(C2CC(C)CCC2CNC(C)C)c1. The van der Waals surface area contributed by atoms with Gasteiger partial charge in [-0.15, -0.1) is 0 Å². The number of nitrogens with one attached hydrogen (secondary N) is 1. The van der Waals surface area contributed by atoms with Crippen LogP contribution in [-0.2, 0) is 0 Å². The molecule has 1 aromatic rings. The van der Waals surface area contributed by atoms with Crippen LogP contribution in [0.5, 0.6) is 0 Å². The Bertz CT molecular complexity index is 396. The lowest BCUT2D eigenvalue weighted by Crippen LogP contribution is -2.34. The van der Waals surface area contributed by atoms with Crippen LogP contribution in [0.15, 0.2) is 24.3 Å². The third-order valence-electron chi connectivity index (χ3n) is 4.51. The van der Waals surface area contributed by atoms with Crippen molar-refractivity contribution in [2.45, 2.75) is 58.9 Å². The average molecular weight is 259 g/mol. The van der Waals surface area contributed by atoms with Crippen molar-refractivity contribution in [1.29, 1.82) is 0 Å². The predicted octanol–water partition coefficient (Wildman–Crippen LogP) is 4.51. The highest BCUT2D eigenvalue weighted by Gasteiger charge is 2.29. The van der Waals surface area contributed by atoms with Crippen LogP contribution in [-0.4, -0.2) is 12.6 Å². The molecule has 0 bridgehead atoms. The van der Waals surface area contributed by atoms with Crippen LogP contribution < -0.4 is 5.32 Å². The van der Waals surface area contributed by atoms with E-state index in [9.17, 15) is 0 Å². The van der Waals surface area contributed by atoms with Gasteiger partial charge in [0.1, 0.15) is 0 Å². The molecule has 2 rings (SSSR count). The second-order valence-corrected chi connectivity index (χ2v) is 6.76. The molecule has 1 aliphatic rings. The minimum Gasteiger partial charge on any atom is -0.314 e. The van der Waals surface area contributed by atoms with Crippen LogP contribution in [0.2, 0.25) is 0 Å². The molecule has 0 heterocycles. The molecule has 0 aromatic heterocycles. The van der Waals surface area contributed by atoms with E-state index in [1.807, 2.05) is 0 Å². The van der Waals surface area contributed by atoms with Crippen LogP contribution in [0.1, 0.15) is 57.1 Å². The monoisotopic (exact) mass is 259 g/mol. The minimum atomic E-state index is 0.595. The largest absolute Gasteiger partial charge is 0.314 e. The van der Waals surface area contributed by atoms with E-state index in [0.29, 0.717) is 6.04 Å². The Morgan fingerprint density at radius 2 is 2.05 bits per heavy atom. The maximum atomic E-state index is 3.64. The van der Waals surface area contributed by atoms with Crippen molar-refractivity contribution >= 4 is 0 Å². The highest BCUT2D eigenvalue weighted by atomic mass is 14.9. The molecule has 1 aliphatic carbocycles. The van der Waals surface area contributed by atoms with Gasteiger partial charge in [-0.25, -0.2) is 0 Å². The summed E-state index contributed by atoms with van der Waals surface area (Å²) in [5.74, 6) is 2.43. The highest BCUT2D eigenvalue weighted by Crippen LogP contribution is 2.40. The standard InChI is InChI=1S/C18H29N/c1-13(2)19-12-17-9-8-15(4)11-18(17)16-7-5-6-14(3)10-16/h5-7,10,13,15,17-19H,8-9,11-12H2,1-4H3. The summed E-state index contributed by atoms with van der Waals surface area (Å²) in [4.78, 5) is 0. The third-order valence-corrected chi connectivity index (χ3v) is 4.51. The molecule has 1 heteroatoms. The van der Waals surface area contributed by atoms with E-state index in [4.69, 9.17) is 0 Å². The molecule has 3 atom stereocenters. The van der Waals surface area contributed by atoms with Gasteiger partial charge >= 0.3 is 0 Å². The van der Waals surface area contributed by atoms with Crippen LogP contribution in [0.25, 0.3) is 0 Å². The van der Waals surface area contributed by atoms with Crippen LogP contribution in [0, 0.1) is 18.8 Å². The zero-order valence-electron chi connectivity index (χ0n) is 12.9. The third kappa shape index (κ3) is 4.07. The van der Waals surface area contributed by atoms with E-state index in [0.717, 1.165) is 17.8 Å². The van der Waals surface area contributed by atoms with Crippen molar-refractivity contribution in [1.82, 2.24) is 5.32 Å². The van der Waals surface area contributed by atoms with Crippen molar-refractivity contribution in [2.75, 3.05) is 6.54 Å². The predicted molar refractivity (Wildman–Crippen MR) is 83.6 cm³/mol. The van der Waals surface area contributed by atoms with E-state index >= 15 is 0 Å². The molecule has 0 spiro atoms. The summed E-state index contributed by atoms with van der Waals surface area (Å²) in [5, 5.41) is 3.64. The van der Waals surface area contributed by atoms with Gasteiger partial charge in [0, 0.05) is 6.04 Å². The van der Waals surface area contributed by atoms with Gasteiger partial charge in [-0.2, -0.15) is 0 Å². The molecule has 106 valence electrons. The Morgan fingerprint density at radius 3 is 2.74 bits per heavy atom. The van der Waals surface area contributed by atoms with E-state index in [-0.39, 0.29) is 0 Å². The quantitative estimate of drug-likeness (QED) is 0.838. The van der Waals surface area contributed by atoms with Crippen molar-refractivity contribution < 1.29 is 0 Å². The van der Waals surface area contributed by atoms with E-state index in [1.165, 1.54) is 31.4 Å². The van der Waals surface area contributed by atoms with Gasteiger partial charge in [0.2, 0.25) is 0 Å². The lowest BCUT2D eigenvalue weighted by Gasteiger charge is -2.36. The molecule has 1 nitrogen and oxygen atoms in total.